The second kappa shape index (κ2) is 7.06. The molecule has 0 aromatic carbocycles. The zero-order chi connectivity index (χ0) is 15.4. The molecular weight excluding hydrogens is 248 g/mol. The Morgan fingerprint density at radius 3 is 2.55 bits per heavy atom. The third kappa shape index (κ3) is 4.31. The molecule has 0 spiro atoms. The molecule has 0 aliphatic heterocycles. The lowest BCUT2D eigenvalue weighted by Crippen LogP contribution is -2.33. The van der Waals surface area contributed by atoms with Crippen molar-refractivity contribution in [3.05, 3.63) is 0 Å². The predicted octanol–water partition coefficient (Wildman–Crippen LogP) is 4.60. The number of carbonyl (C=O) groups is 1. The number of hydrogen-bond acceptors (Lipinski definition) is 2. The van der Waals surface area contributed by atoms with Gasteiger partial charge in [-0.15, -0.1) is 0 Å². The summed E-state index contributed by atoms with van der Waals surface area (Å²) >= 11 is 0. The minimum atomic E-state index is -0.548. The van der Waals surface area contributed by atoms with Crippen molar-refractivity contribution in [2.45, 2.75) is 85.2 Å². The maximum Gasteiger partial charge on any atom is 0.123 e. The average molecular weight is 282 g/mol. The second-order valence-corrected chi connectivity index (χ2v) is 7.86. The van der Waals surface area contributed by atoms with Crippen LogP contribution in [-0.2, 0) is 4.79 Å². The summed E-state index contributed by atoms with van der Waals surface area (Å²) < 4.78 is 0. The summed E-state index contributed by atoms with van der Waals surface area (Å²) in [5, 5.41) is 9.82. The van der Waals surface area contributed by atoms with Crippen molar-refractivity contribution >= 4 is 6.29 Å². The topological polar surface area (TPSA) is 37.3 Å². The summed E-state index contributed by atoms with van der Waals surface area (Å²) in [5.41, 5.74) is -0.349. The summed E-state index contributed by atoms with van der Waals surface area (Å²) in [7, 11) is 0. The van der Waals surface area contributed by atoms with Crippen molar-refractivity contribution in [2.75, 3.05) is 0 Å². The summed E-state index contributed by atoms with van der Waals surface area (Å²) in [6.07, 6.45) is 8.91. The molecule has 0 amide bonds. The van der Waals surface area contributed by atoms with Crippen LogP contribution in [0.2, 0.25) is 0 Å². The normalized spacial score (nSPS) is 32.3. The molecule has 2 nitrogen and oxygen atoms in total. The Bertz CT molecular complexity index is 305. The van der Waals surface area contributed by atoms with E-state index in [9.17, 15) is 9.90 Å². The van der Waals surface area contributed by atoms with Gasteiger partial charge in [0.05, 0.1) is 5.60 Å². The van der Waals surface area contributed by atoms with E-state index in [0.29, 0.717) is 11.8 Å². The molecule has 0 saturated heterocycles. The fraction of sp³-hybridized carbons (Fsp3) is 0.944. The Hall–Kier alpha value is -0.370. The molecule has 0 radical (unpaired) electrons. The van der Waals surface area contributed by atoms with Gasteiger partial charge in [0.15, 0.2) is 0 Å². The fourth-order valence-corrected chi connectivity index (χ4v) is 4.42. The van der Waals surface area contributed by atoms with Crippen LogP contribution in [0.1, 0.15) is 79.6 Å². The first kappa shape index (κ1) is 17.7. The predicted molar refractivity (Wildman–Crippen MR) is 84.6 cm³/mol. The van der Waals surface area contributed by atoms with Crippen LogP contribution in [0.3, 0.4) is 0 Å². The van der Waals surface area contributed by atoms with Crippen molar-refractivity contribution in [1.82, 2.24) is 0 Å². The molecule has 1 aliphatic rings. The number of aldehydes is 1. The van der Waals surface area contributed by atoms with Crippen LogP contribution in [0.5, 0.6) is 0 Å². The standard InChI is InChI=1S/C18H34O2/c1-6-11-18(5)15(13-19)9-10-16(18)14(2)8-7-12-17(3,4)20/h13-16,20H,6-12H2,1-5H3. The molecule has 4 atom stereocenters. The Balaban J connectivity index is 2.61. The van der Waals surface area contributed by atoms with E-state index in [0.717, 1.165) is 32.1 Å². The lowest BCUT2D eigenvalue weighted by atomic mass is 9.66. The molecule has 1 saturated carbocycles. The quantitative estimate of drug-likeness (QED) is 0.661. The third-order valence-electron chi connectivity index (χ3n) is 5.57. The molecule has 1 fully saturated rings. The van der Waals surface area contributed by atoms with Crippen molar-refractivity contribution in [3.8, 4) is 0 Å². The number of carbonyl (C=O) groups excluding carboxylic acids is 1. The molecule has 0 aromatic heterocycles. The molecule has 0 heterocycles. The number of hydrogen-bond donors (Lipinski definition) is 1. The van der Waals surface area contributed by atoms with Crippen LogP contribution >= 0.6 is 0 Å². The molecular formula is C18H34O2. The SMILES string of the molecule is CCCC1(C)C(C=O)CCC1C(C)CCCC(C)(C)O. The van der Waals surface area contributed by atoms with Gasteiger partial charge in [-0.1, -0.05) is 40.0 Å². The van der Waals surface area contributed by atoms with Crippen LogP contribution < -0.4 is 0 Å². The van der Waals surface area contributed by atoms with E-state index < -0.39 is 5.60 Å². The lowest BCUT2D eigenvalue weighted by molar-refractivity contribution is -0.114. The van der Waals surface area contributed by atoms with Crippen molar-refractivity contribution in [2.24, 2.45) is 23.2 Å². The second-order valence-electron chi connectivity index (χ2n) is 7.86. The van der Waals surface area contributed by atoms with E-state index in [2.05, 4.69) is 20.8 Å². The Morgan fingerprint density at radius 2 is 2.05 bits per heavy atom. The highest BCUT2D eigenvalue weighted by Crippen LogP contribution is 2.53. The molecule has 1 rings (SSSR count). The lowest BCUT2D eigenvalue weighted by Gasteiger charge is -2.38. The van der Waals surface area contributed by atoms with Gasteiger partial charge in [0.2, 0.25) is 0 Å². The van der Waals surface area contributed by atoms with Crippen molar-refractivity contribution in [3.63, 3.8) is 0 Å². The van der Waals surface area contributed by atoms with Crippen LogP contribution in [-0.4, -0.2) is 17.0 Å². The molecule has 2 heteroatoms. The average Bonchev–Trinajstić information content (AvgIpc) is 2.64. The molecule has 4 unspecified atom stereocenters. The van der Waals surface area contributed by atoms with E-state index in [1.54, 1.807) is 0 Å². The van der Waals surface area contributed by atoms with E-state index in [-0.39, 0.29) is 11.3 Å². The summed E-state index contributed by atoms with van der Waals surface area (Å²) in [4.78, 5) is 11.4. The van der Waals surface area contributed by atoms with Crippen LogP contribution in [0, 0.1) is 23.2 Å². The molecule has 1 aliphatic carbocycles. The molecule has 118 valence electrons. The summed E-state index contributed by atoms with van der Waals surface area (Å²) in [6, 6.07) is 0. The maximum absolute atomic E-state index is 11.4. The van der Waals surface area contributed by atoms with Crippen molar-refractivity contribution < 1.29 is 9.90 Å². The van der Waals surface area contributed by atoms with Crippen LogP contribution in [0.4, 0.5) is 0 Å². The Labute approximate surface area is 125 Å². The van der Waals surface area contributed by atoms with Crippen molar-refractivity contribution in [1.29, 1.82) is 0 Å². The van der Waals surface area contributed by atoms with Gasteiger partial charge in [-0.05, 0) is 56.8 Å². The van der Waals surface area contributed by atoms with Gasteiger partial charge in [0.1, 0.15) is 6.29 Å². The Morgan fingerprint density at radius 1 is 1.40 bits per heavy atom. The first-order chi connectivity index (χ1) is 9.24. The summed E-state index contributed by atoms with van der Waals surface area (Å²) in [5.74, 6) is 1.57. The highest BCUT2D eigenvalue weighted by molar-refractivity contribution is 5.56. The van der Waals surface area contributed by atoms with E-state index in [4.69, 9.17) is 0 Å². The zero-order valence-electron chi connectivity index (χ0n) is 14.1. The zero-order valence-corrected chi connectivity index (χ0v) is 14.1. The third-order valence-corrected chi connectivity index (χ3v) is 5.57. The van der Waals surface area contributed by atoms with E-state index >= 15 is 0 Å². The smallest absolute Gasteiger partial charge is 0.123 e. The van der Waals surface area contributed by atoms with Crippen LogP contribution in [0.15, 0.2) is 0 Å². The highest BCUT2D eigenvalue weighted by atomic mass is 16.3. The minimum Gasteiger partial charge on any atom is -0.390 e. The van der Waals surface area contributed by atoms with E-state index in [1.165, 1.54) is 19.1 Å². The summed E-state index contributed by atoms with van der Waals surface area (Å²) in [6.45, 7) is 10.7. The van der Waals surface area contributed by atoms with Gasteiger partial charge >= 0.3 is 0 Å². The maximum atomic E-state index is 11.4. The largest absolute Gasteiger partial charge is 0.390 e. The van der Waals surface area contributed by atoms with Gasteiger partial charge in [-0.3, -0.25) is 0 Å². The highest BCUT2D eigenvalue weighted by Gasteiger charge is 2.47. The molecule has 20 heavy (non-hydrogen) atoms. The van der Waals surface area contributed by atoms with Gasteiger partial charge in [-0.2, -0.15) is 0 Å². The van der Waals surface area contributed by atoms with E-state index in [1.807, 2.05) is 13.8 Å². The fourth-order valence-electron chi connectivity index (χ4n) is 4.42. The molecule has 1 N–H and O–H groups in total. The molecule has 0 bridgehead atoms. The first-order valence-electron chi connectivity index (χ1n) is 8.42. The minimum absolute atomic E-state index is 0.199. The first-order valence-corrected chi connectivity index (χ1v) is 8.42. The van der Waals surface area contributed by atoms with Gasteiger partial charge in [0.25, 0.3) is 0 Å². The van der Waals surface area contributed by atoms with Crippen LogP contribution in [0.25, 0.3) is 0 Å². The number of rotatable bonds is 8. The monoisotopic (exact) mass is 282 g/mol. The number of aliphatic hydroxyl groups is 1. The van der Waals surface area contributed by atoms with Gasteiger partial charge in [0, 0.05) is 5.92 Å². The van der Waals surface area contributed by atoms with Gasteiger partial charge < -0.3 is 9.90 Å². The Kier molecular flexibility index (Phi) is 6.25. The van der Waals surface area contributed by atoms with Gasteiger partial charge in [-0.25, -0.2) is 0 Å². The molecule has 0 aromatic rings.